The summed E-state index contributed by atoms with van der Waals surface area (Å²) < 4.78 is 5.57. The minimum atomic E-state index is -0.150. The second-order valence-corrected chi connectivity index (χ2v) is 10.5. The molecule has 2 unspecified atom stereocenters. The van der Waals surface area contributed by atoms with E-state index in [1.807, 2.05) is 0 Å². The Bertz CT molecular complexity index is 696. The molecule has 0 spiro atoms. The fourth-order valence-electron chi connectivity index (χ4n) is 8.47. The van der Waals surface area contributed by atoms with Crippen molar-refractivity contribution >= 4 is 11.8 Å². The van der Waals surface area contributed by atoms with Gasteiger partial charge in [-0.2, -0.15) is 5.26 Å². The number of hydrogen-bond donors (Lipinski definition) is 0. The Morgan fingerprint density at radius 3 is 2.50 bits per heavy atom. The molecule has 0 bridgehead atoms. The molecule has 4 rings (SSSR count). The molecule has 4 heteroatoms. The molecule has 4 aliphatic rings. The summed E-state index contributed by atoms with van der Waals surface area (Å²) in [4.78, 5) is 23.8. The van der Waals surface area contributed by atoms with Gasteiger partial charge in [-0.15, -0.1) is 0 Å². The number of hydrogen-bond acceptors (Lipinski definition) is 4. The first kappa shape index (κ1) is 19.9. The lowest BCUT2D eigenvalue weighted by Crippen LogP contribution is -2.55. The molecule has 4 nitrogen and oxygen atoms in total. The highest BCUT2D eigenvalue weighted by atomic mass is 16.5. The van der Waals surface area contributed by atoms with E-state index in [0.717, 1.165) is 44.9 Å². The zero-order valence-corrected chi connectivity index (χ0v) is 17.7. The Morgan fingerprint density at radius 1 is 1.04 bits per heavy atom. The highest BCUT2D eigenvalue weighted by Gasteiger charge is 2.62. The zero-order valence-electron chi connectivity index (χ0n) is 17.7. The second kappa shape index (κ2) is 7.15. The third kappa shape index (κ3) is 2.92. The van der Waals surface area contributed by atoms with Gasteiger partial charge in [0.1, 0.15) is 11.9 Å². The standard InChI is InChI=1S/C24H35NO3/c1-15(26)20-6-7-22-19-5-4-17-14-18(28-16(2)27)8-10-23(17,3)21(19)9-11-24(20,22)12-13-25/h17-22H,4-12,14H2,1-3H3/t17?,18?,19-,20-,21+,22+,23+,24+/m1/s1. The van der Waals surface area contributed by atoms with E-state index >= 15 is 0 Å². The molecule has 0 N–H and O–H groups in total. The molecule has 0 aliphatic heterocycles. The number of carbonyl (C=O) groups excluding carboxylic acids is 2. The van der Waals surface area contributed by atoms with E-state index in [1.54, 1.807) is 6.92 Å². The van der Waals surface area contributed by atoms with Crippen LogP contribution >= 0.6 is 0 Å². The Hall–Kier alpha value is -1.37. The van der Waals surface area contributed by atoms with Crippen LogP contribution in [0.15, 0.2) is 0 Å². The van der Waals surface area contributed by atoms with Gasteiger partial charge in [0, 0.05) is 19.3 Å². The lowest BCUT2D eigenvalue weighted by Gasteiger charge is -2.61. The van der Waals surface area contributed by atoms with Crippen LogP contribution in [0.3, 0.4) is 0 Å². The van der Waals surface area contributed by atoms with Gasteiger partial charge in [-0.05, 0) is 99.2 Å². The Labute approximate surface area is 169 Å². The number of ether oxygens (including phenoxy) is 1. The van der Waals surface area contributed by atoms with E-state index < -0.39 is 0 Å². The smallest absolute Gasteiger partial charge is 0.302 e. The van der Waals surface area contributed by atoms with Gasteiger partial charge in [0.15, 0.2) is 0 Å². The second-order valence-electron chi connectivity index (χ2n) is 10.5. The molecule has 4 saturated carbocycles. The lowest BCUT2D eigenvalue weighted by atomic mass is 9.44. The van der Waals surface area contributed by atoms with Crippen LogP contribution in [0.1, 0.15) is 85.0 Å². The first-order valence-corrected chi connectivity index (χ1v) is 11.4. The maximum Gasteiger partial charge on any atom is 0.302 e. The highest BCUT2D eigenvalue weighted by Crippen LogP contribution is 2.68. The molecule has 0 aromatic rings. The predicted octanol–water partition coefficient (Wildman–Crippen LogP) is 5.06. The molecule has 0 radical (unpaired) electrons. The number of esters is 1. The van der Waals surface area contributed by atoms with Crippen LogP contribution in [0.5, 0.6) is 0 Å². The van der Waals surface area contributed by atoms with Crippen molar-refractivity contribution in [2.45, 2.75) is 91.1 Å². The molecule has 4 fully saturated rings. The number of nitrogens with zero attached hydrogens (tertiary/aromatic N) is 1. The average Bonchev–Trinajstić information content (AvgIpc) is 3.01. The van der Waals surface area contributed by atoms with Gasteiger partial charge < -0.3 is 4.74 Å². The highest BCUT2D eigenvalue weighted by molar-refractivity contribution is 5.79. The maximum atomic E-state index is 12.4. The van der Waals surface area contributed by atoms with Crippen molar-refractivity contribution in [1.29, 1.82) is 5.26 Å². The van der Waals surface area contributed by atoms with Crippen molar-refractivity contribution in [2.24, 2.45) is 40.4 Å². The number of fused-ring (bicyclic) bond motifs is 5. The molecular formula is C24H35NO3. The molecule has 0 amide bonds. The predicted molar refractivity (Wildman–Crippen MR) is 106 cm³/mol. The molecule has 154 valence electrons. The number of carbonyl (C=O) groups is 2. The third-order valence-corrected chi connectivity index (χ3v) is 9.57. The van der Waals surface area contributed by atoms with Crippen molar-refractivity contribution in [3.63, 3.8) is 0 Å². The van der Waals surface area contributed by atoms with Gasteiger partial charge >= 0.3 is 5.97 Å². The molecule has 0 aromatic heterocycles. The van der Waals surface area contributed by atoms with Gasteiger partial charge in [-0.1, -0.05) is 6.92 Å². The summed E-state index contributed by atoms with van der Waals surface area (Å²) in [7, 11) is 0. The third-order valence-electron chi connectivity index (χ3n) is 9.57. The van der Waals surface area contributed by atoms with Crippen LogP contribution in [0.2, 0.25) is 0 Å². The number of ketones is 1. The first-order chi connectivity index (χ1) is 13.3. The van der Waals surface area contributed by atoms with Gasteiger partial charge in [0.2, 0.25) is 0 Å². The summed E-state index contributed by atoms with van der Waals surface area (Å²) in [5, 5.41) is 9.59. The molecule has 4 aliphatic carbocycles. The number of Topliss-reactive ketones (excluding diaryl/α,β-unsaturated/α-hetero) is 1. The Morgan fingerprint density at radius 2 is 1.82 bits per heavy atom. The topological polar surface area (TPSA) is 67.2 Å². The van der Waals surface area contributed by atoms with Gasteiger partial charge in [-0.3, -0.25) is 9.59 Å². The summed E-state index contributed by atoms with van der Waals surface area (Å²) in [6.45, 7) is 5.76. The fraction of sp³-hybridized carbons (Fsp3) is 0.875. The van der Waals surface area contributed by atoms with Crippen molar-refractivity contribution in [1.82, 2.24) is 0 Å². The SMILES string of the molecule is CC(=O)OC1CC[C@@]2(C)C(CC[C@H]3[C@@H]4CC[C@H](C(C)=O)[C@@]4(CC#N)CC[C@@H]32)C1. The van der Waals surface area contributed by atoms with Crippen LogP contribution in [-0.2, 0) is 14.3 Å². The van der Waals surface area contributed by atoms with E-state index in [9.17, 15) is 14.9 Å². The average molecular weight is 386 g/mol. The normalized spacial score (nSPS) is 47.2. The van der Waals surface area contributed by atoms with Crippen molar-refractivity contribution in [2.75, 3.05) is 0 Å². The molecule has 0 aromatic carbocycles. The Kier molecular flexibility index (Phi) is 5.09. The summed E-state index contributed by atoms with van der Waals surface area (Å²) >= 11 is 0. The molecular weight excluding hydrogens is 350 g/mol. The molecule has 0 saturated heterocycles. The van der Waals surface area contributed by atoms with Crippen LogP contribution in [-0.4, -0.2) is 17.9 Å². The van der Waals surface area contributed by atoms with Crippen molar-refractivity contribution in [3.05, 3.63) is 0 Å². The van der Waals surface area contributed by atoms with E-state index in [1.165, 1.54) is 19.8 Å². The monoisotopic (exact) mass is 385 g/mol. The van der Waals surface area contributed by atoms with Gasteiger partial charge in [0.05, 0.1) is 6.07 Å². The van der Waals surface area contributed by atoms with E-state index in [-0.39, 0.29) is 23.4 Å². The summed E-state index contributed by atoms with van der Waals surface area (Å²) in [6, 6.07) is 2.47. The van der Waals surface area contributed by atoms with Crippen LogP contribution in [0.4, 0.5) is 0 Å². The van der Waals surface area contributed by atoms with Crippen LogP contribution in [0.25, 0.3) is 0 Å². The fourth-order valence-corrected chi connectivity index (χ4v) is 8.47. The number of rotatable bonds is 3. The largest absolute Gasteiger partial charge is 0.463 e. The first-order valence-electron chi connectivity index (χ1n) is 11.4. The minimum absolute atomic E-state index is 0.0557. The Balaban J connectivity index is 1.57. The molecule has 28 heavy (non-hydrogen) atoms. The quantitative estimate of drug-likeness (QED) is 0.637. The minimum Gasteiger partial charge on any atom is -0.463 e. The van der Waals surface area contributed by atoms with Crippen molar-refractivity contribution < 1.29 is 14.3 Å². The van der Waals surface area contributed by atoms with E-state index in [0.29, 0.717) is 41.3 Å². The van der Waals surface area contributed by atoms with Crippen molar-refractivity contribution in [3.8, 4) is 6.07 Å². The summed E-state index contributed by atoms with van der Waals surface area (Å²) in [5.74, 6) is 2.80. The zero-order chi connectivity index (χ0) is 20.1. The van der Waals surface area contributed by atoms with Gasteiger partial charge in [0.25, 0.3) is 0 Å². The summed E-state index contributed by atoms with van der Waals surface area (Å²) in [6.07, 6.45) is 10.6. The summed E-state index contributed by atoms with van der Waals surface area (Å²) in [5.41, 5.74) is 0.270. The molecule has 0 heterocycles. The maximum absolute atomic E-state index is 12.4. The van der Waals surface area contributed by atoms with Gasteiger partial charge in [-0.25, -0.2) is 0 Å². The lowest BCUT2D eigenvalue weighted by molar-refractivity contribution is -0.161. The molecule has 8 atom stereocenters. The van der Waals surface area contributed by atoms with Crippen LogP contribution < -0.4 is 0 Å². The number of nitriles is 1. The van der Waals surface area contributed by atoms with E-state index in [4.69, 9.17) is 4.74 Å². The van der Waals surface area contributed by atoms with Crippen LogP contribution in [0, 0.1) is 51.8 Å². The van der Waals surface area contributed by atoms with E-state index in [2.05, 4.69) is 13.0 Å².